The lowest BCUT2D eigenvalue weighted by Crippen LogP contribution is -2.64. The molecular formula is C19H20F12O4. The minimum Gasteiger partial charge on any atom is -0.461 e. The summed E-state index contributed by atoms with van der Waals surface area (Å²) in [4.78, 5) is 12.3. The summed E-state index contributed by atoms with van der Waals surface area (Å²) in [7, 11) is 0. The second-order valence-electron chi connectivity index (χ2n) is 9.20. The maximum Gasteiger partial charge on any atom is 0.430 e. The maximum atomic E-state index is 13.6. The summed E-state index contributed by atoms with van der Waals surface area (Å²) in [6.45, 7) is 4.02. The van der Waals surface area contributed by atoms with Crippen LogP contribution in [-0.4, -0.2) is 58.2 Å². The van der Waals surface area contributed by atoms with Gasteiger partial charge in [-0.15, -0.1) is 0 Å². The zero-order chi connectivity index (χ0) is 27.8. The fourth-order valence-corrected chi connectivity index (χ4v) is 4.42. The van der Waals surface area contributed by atoms with Crippen molar-refractivity contribution in [1.82, 2.24) is 0 Å². The molecule has 3 unspecified atom stereocenters. The molecule has 0 aromatic heterocycles. The monoisotopic (exact) mass is 540 g/mol. The molecule has 3 atom stereocenters. The molecule has 0 aromatic carbocycles. The highest BCUT2D eigenvalue weighted by Gasteiger charge is 2.81. The Morgan fingerprint density at radius 3 is 1.49 bits per heavy atom. The first-order valence-electron chi connectivity index (χ1n) is 9.96. The summed E-state index contributed by atoms with van der Waals surface area (Å²) in [5, 5.41) is 19.6. The van der Waals surface area contributed by atoms with Gasteiger partial charge in [-0.25, -0.2) is 0 Å². The normalized spacial score (nSPS) is 24.9. The molecule has 0 aliphatic heterocycles. The van der Waals surface area contributed by atoms with Gasteiger partial charge in [0, 0.05) is 5.92 Å². The third-order valence-corrected chi connectivity index (χ3v) is 6.69. The van der Waals surface area contributed by atoms with Gasteiger partial charge in [-0.3, -0.25) is 4.79 Å². The van der Waals surface area contributed by atoms with E-state index in [1.165, 1.54) is 20.8 Å². The van der Waals surface area contributed by atoms with E-state index in [-0.39, 0.29) is 6.42 Å². The van der Waals surface area contributed by atoms with E-state index in [1.807, 2.05) is 0 Å². The van der Waals surface area contributed by atoms with Crippen LogP contribution in [0.4, 0.5) is 52.7 Å². The van der Waals surface area contributed by atoms with Crippen molar-refractivity contribution in [3.05, 3.63) is 11.1 Å². The molecule has 0 heterocycles. The maximum absolute atomic E-state index is 13.6. The molecule has 4 nitrogen and oxygen atoms in total. The number of hydrogen-bond donors (Lipinski definition) is 2. The van der Waals surface area contributed by atoms with Gasteiger partial charge in [0.1, 0.15) is 6.10 Å². The number of aliphatic hydroxyl groups is 2. The van der Waals surface area contributed by atoms with Crippen LogP contribution in [0.25, 0.3) is 0 Å². The van der Waals surface area contributed by atoms with Crippen molar-refractivity contribution in [3.63, 3.8) is 0 Å². The van der Waals surface area contributed by atoms with Gasteiger partial charge in [0.2, 0.25) is 0 Å². The number of carbonyl (C=O) groups is 1. The van der Waals surface area contributed by atoms with Crippen molar-refractivity contribution in [1.29, 1.82) is 0 Å². The lowest BCUT2D eigenvalue weighted by atomic mass is 9.72. The molecule has 2 bridgehead atoms. The summed E-state index contributed by atoms with van der Waals surface area (Å²) < 4.78 is 168. The van der Waals surface area contributed by atoms with Crippen molar-refractivity contribution < 1.29 is 72.4 Å². The fraction of sp³-hybridized carbons (Fsp3) is 0.842. The first-order valence-corrected chi connectivity index (χ1v) is 9.96. The predicted molar refractivity (Wildman–Crippen MR) is 91.3 cm³/mol. The lowest BCUT2D eigenvalue weighted by Gasteiger charge is -2.44. The van der Waals surface area contributed by atoms with E-state index < -0.39 is 89.2 Å². The minimum atomic E-state index is -6.86. The van der Waals surface area contributed by atoms with Gasteiger partial charge in [0.05, 0.1) is 5.41 Å². The first kappa shape index (κ1) is 29.5. The molecule has 2 aliphatic rings. The Morgan fingerprint density at radius 2 is 1.14 bits per heavy atom. The predicted octanol–water partition coefficient (Wildman–Crippen LogP) is 5.38. The molecule has 0 aromatic rings. The van der Waals surface area contributed by atoms with Gasteiger partial charge in [-0.05, 0) is 50.2 Å². The molecule has 0 saturated heterocycles. The standard InChI is InChI=1S/C19H20F12O4/c1-4-13(2,3)12(32)35-9-6-7-5-8(9)11(15(34,18(26,27)28)19(29,30)31)10(7)14(33,16(20,21)22)17(23,24)25/h7-9,33-34H,4-6H2,1-3H3. The van der Waals surface area contributed by atoms with Crippen molar-refractivity contribution in [3.8, 4) is 0 Å². The Labute approximate surface area is 189 Å². The van der Waals surface area contributed by atoms with Crippen LogP contribution in [0.2, 0.25) is 0 Å². The summed E-state index contributed by atoms with van der Waals surface area (Å²) in [5.74, 6) is -6.10. The molecule has 0 amide bonds. The van der Waals surface area contributed by atoms with Crippen molar-refractivity contribution >= 4 is 5.97 Å². The second-order valence-corrected chi connectivity index (χ2v) is 9.20. The van der Waals surface area contributed by atoms with E-state index in [0.29, 0.717) is 0 Å². The molecule has 1 fully saturated rings. The summed E-state index contributed by atoms with van der Waals surface area (Å²) in [5.41, 5.74) is -19.2. The zero-order valence-electron chi connectivity index (χ0n) is 18.1. The highest BCUT2D eigenvalue weighted by Crippen LogP contribution is 2.65. The zero-order valence-corrected chi connectivity index (χ0v) is 18.1. The second kappa shape index (κ2) is 8.15. The third kappa shape index (κ3) is 4.27. The van der Waals surface area contributed by atoms with Gasteiger partial charge >= 0.3 is 30.7 Å². The molecule has 2 rings (SSSR count). The van der Waals surface area contributed by atoms with Crippen LogP contribution >= 0.6 is 0 Å². The molecule has 16 heteroatoms. The van der Waals surface area contributed by atoms with Crippen LogP contribution in [-0.2, 0) is 9.53 Å². The molecule has 2 aliphatic carbocycles. The first-order chi connectivity index (χ1) is 15.3. The Kier molecular flexibility index (Phi) is 6.87. The van der Waals surface area contributed by atoms with E-state index in [4.69, 9.17) is 4.74 Å². The molecule has 0 radical (unpaired) electrons. The average molecular weight is 540 g/mol. The summed E-state index contributed by atoms with van der Waals surface area (Å²) in [6.07, 6.45) is -31.5. The number of halogens is 12. The Hall–Kier alpha value is -1.71. The van der Waals surface area contributed by atoms with Crippen LogP contribution in [0, 0.1) is 17.3 Å². The molecule has 35 heavy (non-hydrogen) atoms. The molecule has 1 saturated carbocycles. The van der Waals surface area contributed by atoms with Crippen LogP contribution in [0.3, 0.4) is 0 Å². The van der Waals surface area contributed by atoms with E-state index in [2.05, 4.69) is 0 Å². The van der Waals surface area contributed by atoms with Gasteiger partial charge in [0.15, 0.2) is 0 Å². The van der Waals surface area contributed by atoms with Gasteiger partial charge in [0.25, 0.3) is 11.2 Å². The van der Waals surface area contributed by atoms with E-state index in [0.717, 1.165) is 0 Å². The smallest absolute Gasteiger partial charge is 0.430 e. The third-order valence-electron chi connectivity index (χ3n) is 6.69. The number of rotatable bonds is 5. The number of alkyl halides is 12. The number of fused-ring (bicyclic) bond motifs is 2. The SMILES string of the molecule is CCC(C)(C)C(=O)OC1CC2CC1C(C(O)(C(F)(F)F)C(F)(F)F)=C2C(O)(C(F)(F)F)C(F)(F)F. The van der Waals surface area contributed by atoms with Crippen molar-refractivity contribution in [2.75, 3.05) is 0 Å². The Morgan fingerprint density at radius 1 is 0.771 bits per heavy atom. The van der Waals surface area contributed by atoms with E-state index in [9.17, 15) is 67.7 Å². The summed E-state index contributed by atoms with van der Waals surface area (Å²) >= 11 is 0. The summed E-state index contributed by atoms with van der Waals surface area (Å²) in [6, 6.07) is 0. The number of esters is 1. The van der Waals surface area contributed by atoms with Crippen molar-refractivity contribution in [2.24, 2.45) is 17.3 Å². The topological polar surface area (TPSA) is 66.8 Å². The van der Waals surface area contributed by atoms with Gasteiger partial charge in [-0.2, -0.15) is 52.7 Å². The largest absolute Gasteiger partial charge is 0.461 e. The fourth-order valence-electron chi connectivity index (χ4n) is 4.42. The van der Waals surface area contributed by atoms with Crippen molar-refractivity contribution in [2.45, 2.75) is 82.0 Å². The Bertz CT molecular complexity index is 850. The van der Waals surface area contributed by atoms with Gasteiger partial charge < -0.3 is 14.9 Å². The van der Waals surface area contributed by atoms with Gasteiger partial charge in [-0.1, -0.05) is 6.92 Å². The Balaban J connectivity index is 2.90. The molecule has 0 spiro atoms. The molecule has 2 N–H and O–H groups in total. The number of hydrogen-bond acceptors (Lipinski definition) is 4. The van der Waals surface area contributed by atoms with Crippen LogP contribution < -0.4 is 0 Å². The molecule has 204 valence electrons. The highest BCUT2D eigenvalue weighted by atomic mass is 19.4. The highest BCUT2D eigenvalue weighted by molar-refractivity contribution is 5.76. The van der Waals surface area contributed by atoms with Crippen LogP contribution in [0.15, 0.2) is 11.1 Å². The van der Waals surface area contributed by atoms with Crippen LogP contribution in [0.1, 0.15) is 40.0 Å². The number of carbonyl (C=O) groups excluding carboxylic acids is 1. The minimum absolute atomic E-state index is 0.0531. The van der Waals surface area contributed by atoms with E-state index >= 15 is 0 Å². The molecular weight excluding hydrogens is 520 g/mol. The quantitative estimate of drug-likeness (QED) is 0.279. The lowest BCUT2D eigenvalue weighted by molar-refractivity contribution is -0.364. The van der Waals surface area contributed by atoms with E-state index in [1.54, 1.807) is 0 Å². The van der Waals surface area contributed by atoms with Crippen LogP contribution in [0.5, 0.6) is 0 Å². The number of ether oxygens (including phenoxy) is 1. The average Bonchev–Trinajstić information content (AvgIpc) is 3.20.